The van der Waals surface area contributed by atoms with Crippen LogP contribution >= 0.6 is 0 Å². The van der Waals surface area contributed by atoms with Crippen molar-refractivity contribution in [2.24, 2.45) is 0 Å². The van der Waals surface area contributed by atoms with E-state index < -0.39 is 5.97 Å². The number of methoxy groups -OCH3 is 1. The summed E-state index contributed by atoms with van der Waals surface area (Å²) in [6.45, 7) is 0. The normalized spacial score (nSPS) is 9.62. The highest BCUT2D eigenvalue weighted by atomic mass is 16.5. The molecule has 0 aromatic heterocycles. The average molecular weight is 181 g/mol. The van der Waals surface area contributed by atoms with E-state index in [1.54, 1.807) is 6.07 Å². The van der Waals surface area contributed by atoms with Gasteiger partial charge in [0, 0.05) is 5.56 Å². The molecule has 69 valence electrons. The van der Waals surface area contributed by atoms with Crippen LogP contribution in [-0.4, -0.2) is 18.2 Å². The lowest BCUT2D eigenvalue weighted by atomic mass is 10.1. The Balaban J connectivity index is 3.05. The number of para-hydroxylation sites is 1. The molecule has 0 saturated carbocycles. The molecule has 0 aliphatic rings. The quantitative estimate of drug-likeness (QED) is 0.767. The van der Waals surface area contributed by atoms with Crippen LogP contribution in [0, 0.1) is 0 Å². The van der Waals surface area contributed by atoms with E-state index in [4.69, 9.17) is 9.84 Å². The van der Waals surface area contributed by atoms with Crippen molar-refractivity contribution in [1.29, 1.82) is 0 Å². The van der Waals surface area contributed by atoms with Crippen LogP contribution in [0.3, 0.4) is 0 Å². The van der Waals surface area contributed by atoms with E-state index >= 15 is 0 Å². The van der Waals surface area contributed by atoms with Gasteiger partial charge in [-0.15, -0.1) is 0 Å². The van der Waals surface area contributed by atoms with E-state index in [1.165, 1.54) is 19.2 Å². The molecule has 0 heterocycles. The van der Waals surface area contributed by atoms with Crippen LogP contribution in [-0.2, 0) is 16.3 Å². The fourth-order valence-corrected chi connectivity index (χ4v) is 1.10. The lowest BCUT2D eigenvalue weighted by molar-refractivity contribution is -0.136. The molecule has 1 radical (unpaired) electrons. The summed E-state index contributed by atoms with van der Waals surface area (Å²) in [5.74, 6) is -1.16. The number of carboxylic acids is 1. The van der Waals surface area contributed by atoms with Crippen molar-refractivity contribution in [1.82, 2.24) is 0 Å². The van der Waals surface area contributed by atoms with E-state index in [0.717, 1.165) is 0 Å². The zero-order valence-corrected chi connectivity index (χ0v) is 7.11. The summed E-state index contributed by atoms with van der Waals surface area (Å²) in [6.07, 6.45) is -0.195. The predicted octanol–water partition coefficient (Wildman–Crippen LogP) is 1.47. The molecule has 0 fully saturated rings. The zero-order valence-electron chi connectivity index (χ0n) is 7.11. The fraction of sp³-hybridized carbons (Fsp3) is 0.222. The van der Waals surface area contributed by atoms with Crippen LogP contribution in [0.15, 0.2) is 18.2 Å². The fourth-order valence-electron chi connectivity index (χ4n) is 1.10. The number of hydrogen-bond donors (Lipinski definition) is 1. The Labute approximate surface area is 75.4 Å². The van der Waals surface area contributed by atoms with Crippen LogP contribution in [0.1, 0.15) is 5.56 Å². The molecule has 1 aromatic rings. The Bertz CT molecular complexity index is 319. The van der Waals surface area contributed by atoms with Gasteiger partial charge in [-0.2, -0.15) is 0 Å². The van der Waals surface area contributed by atoms with E-state index in [1.807, 2.05) is 0 Å². The number of hydrogen-bond acceptors (Lipinski definition) is 2. The first-order valence-corrected chi connectivity index (χ1v) is 3.70. The van der Waals surface area contributed by atoms with E-state index in [-0.39, 0.29) is 17.9 Å². The smallest absolute Gasteiger partial charge is 0.307 e. The van der Waals surface area contributed by atoms with Crippen LogP contribution in [0.2, 0.25) is 0 Å². The molecule has 0 aliphatic carbocycles. The summed E-state index contributed by atoms with van der Waals surface area (Å²) in [6, 6.07) is 4.42. The largest absolute Gasteiger partial charge is 0.492 e. The SMILES string of the molecule is COc1c([O])cccc1CC(=O)O. The maximum absolute atomic E-state index is 11.1. The highest BCUT2D eigenvalue weighted by Crippen LogP contribution is 2.30. The van der Waals surface area contributed by atoms with E-state index in [0.29, 0.717) is 5.56 Å². The Hall–Kier alpha value is -1.71. The molecule has 0 atom stereocenters. The number of ether oxygens (including phenoxy) is 1. The molecule has 1 N–H and O–H groups in total. The molecule has 4 heteroatoms. The molecule has 13 heavy (non-hydrogen) atoms. The molecule has 4 nitrogen and oxygen atoms in total. The molecule has 0 spiro atoms. The molecule has 1 aromatic carbocycles. The van der Waals surface area contributed by atoms with Gasteiger partial charge >= 0.3 is 5.97 Å². The van der Waals surface area contributed by atoms with Gasteiger partial charge in [0.15, 0.2) is 5.75 Å². The number of carboxylic acid groups (broad SMARTS) is 1. The van der Waals surface area contributed by atoms with Gasteiger partial charge < -0.3 is 9.84 Å². The zero-order chi connectivity index (χ0) is 9.84. The second-order valence-electron chi connectivity index (χ2n) is 2.52. The van der Waals surface area contributed by atoms with Gasteiger partial charge in [0.1, 0.15) is 0 Å². The van der Waals surface area contributed by atoms with Crippen molar-refractivity contribution in [3.05, 3.63) is 23.8 Å². The van der Waals surface area contributed by atoms with Gasteiger partial charge in [-0.05, 0) is 6.07 Å². The van der Waals surface area contributed by atoms with Crippen molar-refractivity contribution in [3.63, 3.8) is 0 Å². The summed E-state index contributed by atoms with van der Waals surface area (Å²) in [4.78, 5) is 10.4. The number of rotatable bonds is 3. The summed E-state index contributed by atoms with van der Waals surface area (Å²) in [5.41, 5.74) is 0.405. The Kier molecular flexibility index (Phi) is 2.74. The van der Waals surface area contributed by atoms with Crippen molar-refractivity contribution in [2.45, 2.75) is 6.42 Å². The van der Waals surface area contributed by atoms with Gasteiger partial charge in [-0.3, -0.25) is 9.90 Å². The third-order valence-corrected chi connectivity index (χ3v) is 1.61. The molecule has 0 bridgehead atoms. The molecule has 0 saturated heterocycles. The summed E-state index contributed by atoms with van der Waals surface area (Å²) >= 11 is 0. The highest BCUT2D eigenvalue weighted by Gasteiger charge is 2.11. The molecule has 0 aliphatic heterocycles. The monoisotopic (exact) mass is 181 g/mol. The first-order chi connectivity index (χ1) is 6.15. The maximum Gasteiger partial charge on any atom is 0.307 e. The minimum Gasteiger partial charge on any atom is -0.492 e. The Morgan fingerprint density at radius 3 is 2.77 bits per heavy atom. The van der Waals surface area contributed by atoms with Crippen LogP contribution < -0.4 is 4.74 Å². The second-order valence-corrected chi connectivity index (χ2v) is 2.52. The van der Waals surface area contributed by atoms with E-state index in [9.17, 15) is 9.90 Å². The van der Waals surface area contributed by atoms with Crippen molar-refractivity contribution in [3.8, 4) is 11.5 Å². The molecular formula is C9H9O4. The first-order valence-electron chi connectivity index (χ1n) is 3.70. The number of carbonyl (C=O) groups is 1. The van der Waals surface area contributed by atoms with Crippen molar-refractivity contribution in [2.75, 3.05) is 7.11 Å². The summed E-state index contributed by atoms with van der Waals surface area (Å²) < 4.78 is 4.80. The van der Waals surface area contributed by atoms with Gasteiger partial charge in [-0.1, -0.05) is 12.1 Å². The Morgan fingerprint density at radius 2 is 2.23 bits per heavy atom. The van der Waals surface area contributed by atoms with Crippen molar-refractivity contribution >= 4 is 5.97 Å². The second kappa shape index (κ2) is 3.80. The third-order valence-electron chi connectivity index (χ3n) is 1.61. The number of aliphatic carboxylic acids is 1. The highest BCUT2D eigenvalue weighted by molar-refractivity contribution is 5.72. The lowest BCUT2D eigenvalue weighted by Crippen LogP contribution is -2.01. The lowest BCUT2D eigenvalue weighted by Gasteiger charge is -2.05. The number of benzene rings is 1. The van der Waals surface area contributed by atoms with Gasteiger partial charge in [0.2, 0.25) is 5.75 Å². The minimum atomic E-state index is -0.982. The topological polar surface area (TPSA) is 66.4 Å². The summed E-state index contributed by atoms with van der Waals surface area (Å²) in [7, 11) is 1.35. The van der Waals surface area contributed by atoms with Gasteiger partial charge in [0.25, 0.3) is 0 Å². The molecule has 0 unspecified atom stereocenters. The van der Waals surface area contributed by atoms with Gasteiger partial charge in [0.05, 0.1) is 13.5 Å². The predicted molar refractivity (Wildman–Crippen MR) is 44.5 cm³/mol. The Morgan fingerprint density at radius 1 is 1.54 bits per heavy atom. The molecule has 0 amide bonds. The molecule has 1 rings (SSSR count). The summed E-state index contributed by atoms with van der Waals surface area (Å²) in [5, 5.41) is 19.7. The standard InChI is InChI=1S/C9H9O4/c1-13-9-6(5-8(11)12)3-2-4-7(9)10/h2-4H,5H2,1H3,(H,11,12). The molecular weight excluding hydrogens is 172 g/mol. The maximum atomic E-state index is 11.1. The third kappa shape index (κ3) is 2.11. The first kappa shape index (κ1) is 9.38. The van der Waals surface area contributed by atoms with Gasteiger partial charge in [-0.25, -0.2) is 0 Å². The van der Waals surface area contributed by atoms with Crippen LogP contribution in [0.25, 0.3) is 0 Å². The van der Waals surface area contributed by atoms with Crippen molar-refractivity contribution < 1.29 is 19.7 Å². The van der Waals surface area contributed by atoms with Crippen LogP contribution in [0.4, 0.5) is 0 Å². The van der Waals surface area contributed by atoms with E-state index in [2.05, 4.69) is 0 Å². The minimum absolute atomic E-state index is 0.116. The van der Waals surface area contributed by atoms with Crippen LogP contribution in [0.5, 0.6) is 11.5 Å². The average Bonchev–Trinajstić information content (AvgIpc) is 2.03.